The zero-order valence-corrected chi connectivity index (χ0v) is 18.5. The Kier molecular flexibility index (Phi) is 7.78. The molecule has 6 nitrogen and oxygen atoms in total. The topological polar surface area (TPSA) is 54.0 Å². The molecule has 3 rings (SSSR count). The van der Waals surface area contributed by atoms with Gasteiger partial charge in [-0.05, 0) is 49.9 Å². The molecule has 0 radical (unpaired) electrons. The van der Waals surface area contributed by atoms with Crippen molar-refractivity contribution in [3.8, 4) is 11.5 Å². The third-order valence-electron chi connectivity index (χ3n) is 6.52. The molecule has 1 saturated carbocycles. The number of rotatable bonds is 7. The summed E-state index contributed by atoms with van der Waals surface area (Å²) < 4.78 is 10.9. The van der Waals surface area contributed by atoms with Crippen molar-refractivity contribution in [3.05, 3.63) is 23.3 Å². The summed E-state index contributed by atoms with van der Waals surface area (Å²) in [6.07, 6.45) is 6.07. The first kappa shape index (κ1) is 21.9. The van der Waals surface area contributed by atoms with E-state index in [1.165, 1.54) is 30.4 Å². The highest BCUT2D eigenvalue weighted by atomic mass is 16.5. The molecular formula is C23H37N3O3. The Morgan fingerprint density at radius 3 is 2.31 bits per heavy atom. The van der Waals surface area contributed by atoms with Crippen LogP contribution in [0, 0.1) is 6.92 Å². The van der Waals surface area contributed by atoms with Gasteiger partial charge >= 0.3 is 0 Å². The number of methoxy groups -OCH3 is 2. The maximum absolute atomic E-state index is 12.7. The largest absolute Gasteiger partial charge is 0.493 e. The summed E-state index contributed by atoms with van der Waals surface area (Å²) in [4.78, 5) is 17.4. The van der Waals surface area contributed by atoms with Crippen LogP contribution in [0.15, 0.2) is 12.1 Å². The van der Waals surface area contributed by atoms with Gasteiger partial charge in [-0.3, -0.25) is 14.6 Å². The summed E-state index contributed by atoms with van der Waals surface area (Å²) in [7, 11) is 3.34. The molecule has 6 heteroatoms. The van der Waals surface area contributed by atoms with Crippen LogP contribution in [-0.2, 0) is 11.3 Å². The zero-order chi connectivity index (χ0) is 20.8. The summed E-state index contributed by atoms with van der Waals surface area (Å²) in [5.41, 5.74) is 2.48. The molecule has 0 bridgehead atoms. The first-order chi connectivity index (χ1) is 14.0. The van der Waals surface area contributed by atoms with E-state index in [4.69, 9.17) is 9.47 Å². The number of carbonyl (C=O) groups excluding carboxylic acids is 1. The number of benzene rings is 1. The highest BCUT2D eigenvalue weighted by Crippen LogP contribution is 2.31. The van der Waals surface area contributed by atoms with Crippen LogP contribution in [0.3, 0.4) is 0 Å². The molecule has 2 fully saturated rings. The van der Waals surface area contributed by atoms with Crippen molar-refractivity contribution in [3.63, 3.8) is 0 Å². The van der Waals surface area contributed by atoms with E-state index in [-0.39, 0.29) is 11.9 Å². The Hall–Kier alpha value is -1.79. The molecule has 1 amide bonds. The fourth-order valence-electron chi connectivity index (χ4n) is 4.48. The van der Waals surface area contributed by atoms with Crippen LogP contribution < -0.4 is 14.8 Å². The highest BCUT2D eigenvalue weighted by Gasteiger charge is 2.27. The monoisotopic (exact) mass is 403 g/mol. The molecule has 162 valence electrons. The minimum absolute atomic E-state index is 0.0538. The Bertz CT molecular complexity index is 680. The lowest BCUT2D eigenvalue weighted by Gasteiger charge is -2.38. The van der Waals surface area contributed by atoms with E-state index >= 15 is 0 Å². The van der Waals surface area contributed by atoms with Gasteiger partial charge in [0, 0.05) is 38.8 Å². The van der Waals surface area contributed by atoms with E-state index in [2.05, 4.69) is 28.1 Å². The molecule has 1 aromatic rings. The van der Waals surface area contributed by atoms with Crippen molar-refractivity contribution < 1.29 is 14.3 Å². The van der Waals surface area contributed by atoms with Crippen LogP contribution in [-0.4, -0.2) is 68.2 Å². The lowest BCUT2D eigenvalue weighted by atomic mass is 9.95. The second-order valence-electron chi connectivity index (χ2n) is 8.47. The fraction of sp³-hybridized carbons (Fsp3) is 0.696. The minimum Gasteiger partial charge on any atom is -0.493 e. The van der Waals surface area contributed by atoms with E-state index in [1.807, 2.05) is 13.0 Å². The van der Waals surface area contributed by atoms with Gasteiger partial charge in [-0.2, -0.15) is 0 Å². The lowest BCUT2D eigenvalue weighted by molar-refractivity contribution is -0.127. The molecule has 0 spiro atoms. The molecule has 1 aromatic carbocycles. The number of amides is 1. The summed E-state index contributed by atoms with van der Waals surface area (Å²) >= 11 is 0. The number of hydrogen-bond acceptors (Lipinski definition) is 5. The highest BCUT2D eigenvalue weighted by molar-refractivity contribution is 5.81. The number of hydrogen-bond donors (Lipinski definition) is 1. The minimum atomic E-state index is -0.0538. The van der Waals surface area contributed by atoms with Crippen LogP contribution in [0.25, 0.3) is 0 Å². The van der Waals surface area contributed by atoms with E-state index in [0.29, 0.717) is 6.04 Å². The van der Waals surface area contributed by atoms with Crippen LogP contribution >= 0.6 is 0 Å². The van der Waals surface area contributed by atoms with Crippen molar-refractivity contribution in [1.82, 2.24) is 15.1 Å². The van der Waals surface area contributed by atoms with Gasteiger partial charge in [-0.25, -0.2) is 0 Å². The number of ether oxygens (including phenoxy) is 2. The second-order valence-corrected chi connectivity index (χ2v) is 8.47. The predicted octanol–water partition coefficient (Wildman–Crippen LogP) is 2.97. The normalized spacial score (nSPS) is 20.3. The van der Waals surface area contributed by atoms with Crippen molar-refractivity contribution in [2.75, 3.05) is 40.4 Å². The molecule has 2 aliphatic rings. The first-order valence-corrected chi connectivity index (χ1v) is 11.0. The van der Waals surface area contributed by atoms with Gasteiger partial charge < -0.3 is 14.8 Å². The van der Waals surface area contributed by atoms with Gasteiger partial charge in [0.1, 0.15) is 0 Å². The van der Waals surface area contributed by atoms with Crippen LogP contribution in [0.2, 0.25) is 0 Å². The Morgan fingerprint density at radius 2 is 1.69 bits per heavy atom. The SMILES string of the molecule is COc1cc(C)c(CN2CCN([C@@H](C)C(=O)NC3CCCCC3)CC2)cc1OC. The van der Waals surface area contributed by atoms with Crippen molar-refractivity contribution in [2.24, 2.45) is 0 Å². The first-order valence-electron chi connectivity index (χ1n) is 11.0. The summed E-state index contributed by atoms with van der Waals surface area (Å²) in [6, 6.07) is 4.46. The molecule has 1 aliphatic heterocycles. The predicted molar refractivity (Wildman–Crippen MR) is 116 cm³/mol. The summed E-state index contributed by atoms with van der Waals surface area (Å²) in [5, 5.41) is 3.28. The molecule has 29 heavy (non-hydrogen) atoms. The number of piperazine rings is 1. The van der Waals surface area contributed by atoms with E-state index in [9.17, 15) is 4.79 Å². The smallest absolute Gasteiger partial charge is 0.237 e. The van der Waals surface area contributed by atoms with E-state index in [1.54, 1.807) is 14.2 Å². The van der Waals surface area contributed by atoms with Gasteiger partial charge in [0.15, 0.2) is 11.5 Å². The quantitative estimate of drug-likeness (QED) is 0.759. The molecule has 1 saturated heterocycles. The maximum Gasteiger partial charge on any atom is 0.237 e. The van der Waals surface area contributed by atoms with Crippen molar-refractivity contribution in [1.29, 1.82) is 0 Å². The third kappa shape index (κ3) is 5.64. The number of aryl methyl sites for hydroxylation is 1. The zero-order valence-electron chi connectivity index (χ0n) is 18.5. The number of carbonyl (C=O) groups is 1. The Balaban J connectivity index is 1.50. The average molecular weight is 404 g/mol. The summed E-state index contributed by atoms with van der Waals surface area (Å²) in [6.45, 7) is 8.83. The van der Waals surface area contributed by atoms with Crippen LogP contribution in [0.5, 0.6) is 11.5 Å². The van der Waals surface area contributed by atoms with Gasteiger partial charge in [0.25, 0.3) is 0 Å². The molecule has 1 atom stereocenters. The molecule has 1 N–H and O–H groups in total. The standard InChI is InChI=1S/C23H37N3O3/c1-17-14-21(28-3)22(29-4)15-19(17)16-25-10-12-26(13-11-25)18(2)23(27)24-20-8-6-5-7-9-20/h14-15,18,20H,5-13,16H2,1-4H3,(H,24,27)/t18-/m0/s1. The number of nitrogens with zero attached hydrogens (tertiary/aromatic N) is 2. The van der Waals surface area contributed by atoms with Crippen LogP contribution in [0.4, 0.5) is 0 Å². The second kappa shape index (κ2) is 10.3. The van der Waals surface area contributed by atoms with Crippen molar-refractivity contribution in [2.45, 2.75) is 64.6 Å². The van der Waals surface area contributed by atoms with Crippen LogP contribution in [0.1, 0.15) is 50.2 Å². The Morgan fingerprint density at radius 1 is 1.07 bits per heavy atom. The average Bonchev–Trinajstić information content (AvgIpc) is 2.75. The maximum atomic E-state index is 12.7. The molecule has 1 heterocycles. The van der Waals surface area contributed by atoms with Crippen molar-refractivity contribution >= 4 is 5.91 Å². The molecule has 0 unspecified atom stereocenters. The third-order valence-corrected chi connectivity index (χ3v) is 6.52. The van der Waals surface area contributed by atoms with Gasteiger partial charge in [-0.1, -0.05) is 19.3 Å². The Labute approximate surface area is 175 Å². The molecular weight excluding hydrogens is 366 g/mol. The fourth-order valence-corrected chi connectivity index (χ4v) is 4.48. The van der Waals surface area contributed by atoms with Gasteiger partial charge in [0.2, 0.25) is 5.91 Å². The lowest BCUT2D eigenvalue weighted by Crippen LogP contribution is -2.54. The van der Waals surface area contributed by atoms with Gasteiger partial charge in [0.05, 0.1) is 20.3 Å². The van der Waals surface area contributed by atoms with E-state index < -0.39 is 0 Å². The number of nitrogens with one attached hydrogen (secondary N) is 1. The summed E-state index contributed by atoms with van der Waals surface area (Å²) in [5.74, 6) is 1.75. The van der Waals surface area contributed by atoms with Gasteiger partial charge in [-0.15, -0.1) is 0 Å². The van der Waals surface area contributed by atoms with E-state index in [0.717, 1.165) is 57.1 Å². The molecule has 0 aromatic heterocycles. The molecule has 1 aliphatic carbocycles.